The Kier molecular flexibility index (Phi) is 5.01. The smallest absolute Gasteiger partial charge is 0.366 e. The number of nitrogens with zero attached hydrogens (tertiary/aromatic N) is 2. The fourth-order valence-electron chi connectivity index (χ4n) is 2.30. The van der Waals surface area contributed by atoms with Crippen molar-refractivity contribution in [2.45, 2.75) is 12.7 Å². The minimum atomic E-state index is -4.50. The summed E-state index contributed by atoms with van der Waals surface area (Å²) in [7, 11) is 0. The van der Waals surface area contributed by atoms with E-state index in [-0.39, 0.29) is 24.0 Å². The predicted octanol–water partition coefficient (Wildman–Crippen LogP) is 4.99. The average Bonchev–Trinajstić information content (AvgIpc) is 2.61. The molecule has 0 unspecified atom stereocenters. The van der Waals surface area contributed by atoms with Crippen LogP contribution < -0.4 is 10.6 Å². The largest absolute Gasteiger partial charge is 0.418 e. The molecule has 0 bridgehead atoms. The maximum atomic E-state index is 13.6. The Morgan fingerprint density at radius 3 is 2.42 bits per heavy atom. The second-order valence-electron chi connectivity index (χ2n) is 5.38. The van der Waals surface area contributed by atoms with Gasteiger partial charge in [0.1, 0.15) is 11.6 Å². The summed E-state index contributed by atoms with van der Waals surface area (Å²) < 4.78 is 52.8. The Morgan fingerprint density at radius 1 is 0.923 bits per heavy atom. The van der Waals surface area contributed by atoms with Crippen molar-refractivity contribution in [3.63, 3.8) is 0 Å². The van der Waals surface area contributed by atoms with Crippen LogP contribution in [0.4, 0.5) is 35.0 Å². The van der Waals surface area contributed by atoms with Crippen molar-refractivity contribution in [1.29, 1.82) is 0 Å². The molecule has 0 spiro atoms. The highest BCUT2D eigenvalue weighted by Crippen LogP contribution is 2.35. The molecule has 0 aliphatic heterocycles. The molecule has 4 nitrogen and oxygen atoms in total. The van der Waals surface area contributed by atoms with Crippen molar-refractivity contribution in [3.05, 3.63) is 77.7 Å². The second-order valence-corrected chi connectivity index (χ2v) is 5.38. The summed E-state index contributed by atoms with van der Waals surface area (Å²) >= 11 is 0. The van der Waals surface area contributed by atoms with Crippen LogP contribution in [0.1, 0.15) is 11.1 Å². The van der Waals surface area contributed by atoms with E-state index in [1.54, 1.807) is 24.3 Å². The molecule has 0 fully saturated rings. The minimum absolute atomic E-state index is 0.000216. The normalized spacial score (nSPS) is 11.2. The highest BCUT2D eigenvalue weighted by atomic mass is 19.4. The Hall–Kier alpha value is -3.16. The van der Waals surface area contributed by atoms with Crippen LogP contribution in [0.15, 0.2) is 60.8 Å². The molecule has 3 rings (SSSR count). The molecule has 26 heavy (non-hydrogen) atoms. The van der Waals surface area contributed by atoms with Crippen LogP contribution in [-0.4, -0.2) is 9.97 Å². The summed E-state index contributed by atoms with van der Waals surface area (Å²) in [6.07, 6.45) is -3.10. The van der Waals surface area contributed by atoms with Gasteiger partial charge < -0.3 is 10.6 Å². The van der Waals surface area contributed by atoms with Gasteiger partial charge in [0.15, 0.2) is 0 Å². The number of hydrogen-bond donors (Lipinski definition) is 2. The van der Waals surface area contributed by atoms with Crippen molar-refractivity contribution < 1.29 is 17.6 Å². The van der Waals surface area contributed by atoms with E-state index in [9.17, 15) is 17.6 Å². The lowest BCUT2D eigenvalue weighted by atomic mass is 10.1. The number of alkyl halides is 3. The third-order valence-electron chi connectivity index (χ3n) is 3.55. The third kappa shape index (κ3) is 4.27. The van der Waals surface area contributed by atoms with E-state index in [1.165, 1.54) is 30.5 Å². The van der Waals surface area contributed by atoms with Gasteiger partial charge >= 0.3 is 6.18 Å². The van der Waals surface area contributed by atoms with E-state index >= 15 is 0 Å². The zero-order valence-electron chi connectivity index (χ0n) is 13.4. The molecule has 0 amide bonds. The zero-order chi connectivity index (χ0) is 18.6. The number of hydrogen-bond acceptors (Lipinski definition) is 4. The third-order valence-corrected chi connectivity index (χ3v) is 3.55. The minimum Gasteiger partial charge on any atom is -0.366 e. The van der Waals surface area contributed by atoms with Crippen LogP contribution in [0.25, 0.3) is 0 Å². The number of benzene rings is 2. The van der Waals surface area contributed by atoms with Crippen molar-refractivity contribution >= 4 is 17.5 Å². The molecule has 0 aliphatic rings. The predicted molar refractivity (Wildman–Crippen MR) is 90.5 cm³/mol. The molecule has 2 aromatic carbocycles. The van der Waals surface area contributed by atoms with Gasteiger partial charge in [-0.25, -0.2) is 9.37 Å². The molecular formula is C18H14F4N4. The van der Waals surface area contributed by atoms with E-state index in [0.717, 1.165) is 6.07 Å². The number of rotatable bonds is 5. The molecule has 8 heteroatoms. The van der Waals surface area contributed by atoms with E-state index in [4.69, 9.17) is 0 Å². The lowest BCUT2D eigenvalue weighted by Gasteiger charge is -2.14. The summed E-state index contributed by atoms with van der Waals surface area (Å²) in [6, 6.07) is 12.9. The monoisotopic (exact) mass is 362 g/mol. The summed E-state index contributed by atoms with van der Waals surface area (Å²) in [6.45, 7) is 0.183. The van der Waals surface area contributed by atoms with Gasteiger partial charge in [0.25, 0.3) is 0 Å². The van der Waals surface area contributed by atoms with Gasteiger partial charge in [0, 0.05) is 18.3 Å². The van der Waals surface area contributed by atoms with Crippen molar-refractivity contribution in [1.82, 2.24) is 9.97 Å². The summed E-state index contributed by atoms with van der Waals surface area (Å²) in [4.78, 5) is 8.04. The number of anilines is 3. The summed E-state index contributed by atoms with van der Waals surface area (Å²) in [5.74, 6) is 0.00184. The van der Waals surface area contributed by atoms with Crippen LogP contribution in [0.2, 0.25) is 0 Å². The fourth-order valence-corrected chi connectivity index (χ4v) is 2.30. The van der Waals surface area contributed by atoms with Crippen LogP contribution >= 0.6 is 0 Å². The van der Waals surface area contributed by atoms with Crippen LogP contribution in [0.3, 0.4) is 0 Å². The Morgan fingerprint density at radius 2 is 1.65 bits per heavy atom. The van der Waals surface area contributed by atoms with Gasteiger partial charge in [-0.1, -0.05) is 30.3 Å². The van der Waals surface area contributed by atoms with Crippen LogP contribution in [0.5, 0.6) is 0 Å². The summed E-state index contributed by atoms with van der Waals surface area (Å²) in [5, 5.41) is 5.49. The Balaban J connectivity index is 1.75. The topological polar surface area (TPSA) is 49.8 Å². The van der Waals surface area contributed by atoms with Crippen LogP contribution in [0, 0.1) is 5.82 Å². The fraction of sp³-hybridized carbons (Fsp3) is 0.111. The number of para-hydroxylation sites is 1. The molecule has 1 aromatic heterocycles. The average molecular weight is 362 g/mol. The Labute approximate surface area is 146 Å². The Bertz CT molecular complexity index is 896. The molecule has 0 aliphatic carbocycles. The molecule has 1 heterocycles. The van der Waals surface area contributed by atoms with Gasteiger partial charge in [-0.3, -0.25) is 0 Å². The number of aromatic nitrogens is 2. The van der Waals surface area contributed by atoms with Crippen molar-refractivity contribution in [3.8, 4) is 0 Å². The first-order valence-electron chi connectivity index (χ1n) is 7.67. The van der Waals surface area contributed by atoms with Gasteiger partial charge in [0.05, 0.1) is 11.3 Å². The molecule has 0 radical (unpaired) electrons. The van der Waals surface area contributed by atoms with E-state index in [1.807, 2.05) is 0 Å². The lowest BCUT2D eigenvalue weighted by Crippen LogP contribution is -2.10. The maximum Gasteiger partial charge on any atom is 0.418 e. The van der Waals surface area contributed by atoms with Crippen molar-refractivity contribution in [2.75, 3.05) is 10.6 Å². The molecule has 3 aromatic rings. The molecule has 0 atom stereocenters. The van der Waals surface area contributed by atoms with E-state index < -0.39 is 11.7 Å². The van der Waals surface area contributed by atoms with Gasteiger partial charge in [0.2, 0.25) is 5.95 Å². The lowest BCUT2D eigenvalue weighted by molar-refractivity contribution is -0.136. The molecule has 0 saturated carbocycles. The standard InChI is InChI=1S/C18H14F4N4/c19-14-7-3-1-5-12(14)11-24-16-9-10-23-17(26-16)25-15-8-4-2-6-13(15)18(20,21)22/h1-10H,11H2,(H2,23,24,25,26). The van der Waals surface area contributed by atoms with Gasteiger partial charge in [-0.15, -0.1) is 0 Å². The SMILES string of the molecule is Fc1ccccc1CNc1ccnc(Nc2ccccc2C(F)(F)F)n1. The number of halogens is 4. The van der Waals surface area contributed by atoms with E-state index in [2.05, 4.69) is 20.6 Å². The van der Waals surface area contributed by atoms with Crippen LogP contribution in [-0.2, 0) is 12.7 Å². The maximum absolute atomic E-state index is 13.6. The molecular weight excluding hydrogens is 348 g/mol. The molecule has 2 N–H and O–H groups in total. The first-order valence-corrected chi connectivity index (χ1v) is 7.67. The molecule has 0 saturated heterocycles. The highest BCUT2D eigenvalue weighted by molar-refractivity contribution is 5.60. The molecule has 134 valence electrons. The number of nitrogens with one attached hydrogen (secondary N) is 2. The quantitative estimate of drug-likeness (QED) is 0.628. The van der Waals surface area contributed by atoms with Gasteiger partial charge in [-0.2, -0.15) is 18.2 Å². The zero-order valence-corrected chi connectivity index (χ0v) is 13.4. The highest BCUT2D eigenvalue weighted by Gasteiger charge is 2.33. The first kappa shape index (κ1) is 17.7. The van der Waals surface area contributed by atoms with E-state index in [0.29, 0.717) is 11.4 Å². The first-order chi connectivity index (χ1) is 12.4. The van der Waals surface area contributed by atoms with Gasteiger partial charge in [-0.05, 0) is 24.3 Å². The van der Waals surface area contributed by atoms with Crippen molar-refractivity contribution in [2.24, 2.45) is 0 Å². The summed E-state index contributed by atoms with van der Waals surface area (Å²) in [5.41, 5.74) is -0.511. The second kappa shape index (κ2) is 7.38.